The summed E-state index contributed by atoms with van der Waals surface area (Å²) >= 11 is 0. The van der Waals surface area contributed by atoms with Crippen molar-refractivity contribution in [1.82, 2.24) is 10.2 Å². The summed E-state index contributed by atoms with van der Waals surface area (Å²) in [6.07, 6.45) is 0. The summed E-state index contributed by atoms with van der Waals surface area (Å²) in [5.41, 5.74) is 0.864. The van der Waals surface area contributed by atoms with Crippen molar-refractivity contribution in [2.24, 2.45) is 0 Å². The first-order valence-electron chi connectivity index (χ1n) is 4.87. The summed E-state index contributed by atoms with van der Waals surface area (Å²) < 4.78 is 0. The Kier molecular flexibility index (Phi) is 3.07. The molecule has 0 atom stereocenters. The molecule has 16 heavy (non-hydrogen) atoms. The van der Waals surface area contributed by atoms with E-state index in [0.29, 0.717) is 6.61 Å². The van der Waals surface area contributed by atoms with E-state index in [4.69, 9.17) is 0 Å². The fourth-order valence-corrected chi connectivity index (χ4v) is 1.24. The monoisotopic (exact) mass is 218 g/mol. The Hall–Kier alpha value is -2.01. The van der Waals surface area contributed by atoms with Gasteiger partial charge in [-0.2, -0.15) is 4.89 Å². The molecule has 82 valence electrons. The first-order chi connectivity index (χ1) is 7.81. The van der Waals surface area contributed by atoms with Gasteiger partial charge >= 0.3 is 5.97 Å². The van der Waals surface area contributed by atoms with Crippen molar-refractivity contribution < 1.29 is 14.6 Å². The summed E-state index contributed by atoms with van der Waals surface area (Å²) in [4.78, 5) is 20.4. The van der Waals surface area contributed by atoms with E-state index in [2.05, 4.69) is 20.0 Å². The maximum absolute atomic E-state index is 11.4. The van der Waals surface area contributed by atoms with E-state index in [-0.39, 0.29) is 5.69 Å². The molecule has 2 rings (SSSR count). The van der Waals surface area contributed by atoms with Crippen molar-refractivity contribution >= 4 is 16.9 Å². The zero-order valence-corrected chi connectivity index (χ0v) is 8.71. The minimum atomic E-state index is -0.639. The van der Waals surface area contributed by atoms with Gasteiger partial charge in [0.05, 0.1) is 12.1 Å². The van der Waals surface area contributed by atoms with Crippen LogP contribution in [0.15, 0.2) is 30.3 Å². The molecule has 0 saturated carbocycles. The third kappa shape index (κ3) is 2.14. The number of benzene rings is 1. The second kappa shape index (κ2) is 4.67. The lowest BCUT2D eigenvalue weighted by Crippen LogP contribution is -2.08. The lowest BCUT2D eigenvalue weighted by molar-refractivity contribution is -0.237. The van der Waals surface area contributed by atoms with Crippen LogP contribution in [-0.4, -0.2) is 22.8 Å². The van der Waals surface area contributed by atoms with Gasteiger partial charge in [0.25, 0.3) is 0 Å². The van der Waals surface area contributed by atoms with Crippen LogP contribution in [-0.2, 0) is 9.78 Å². The molecule has 0 saturated heterocycles. The topological polar surface area (TPSA) is 61.3 Å². The van der Waals surface area contributed by atoms with Crippen LogP contribution in [0.2, 0.25) is 0 Å². The third-order valence-corrected chi connectivity index (χ3v) is 1.96. The molecule has 0 fully saturated rings. The minimum Gasteiger partial charge on any atom is -0.291 e. The van der Waals surface area contributed by atoms with E-state index in [1.54, 1.807) is 13.0 Å². The van der Waals surface area contributed by atoms with Gasteiger partial charge in [0.2, 0.25) is 0 Å². The molecule has 5 nitrogen and oxygen atoms in total. The fraction of sp³-hybridized carbons (Fsp3) is 0.182. The zero-order valence-electron chi connectivity index (χ0n) is 8.71. The second-order valence-electron chi connectivity index (χ2n) is 3.07. The van der Waals surface area contributed by atoms with Crippen LogP contribution in [0.1, 0.15) is 17.4 Å². The predicted octanol–water partition coefficient (Wildman–Crippen LogP) is 1.74. The molecular formula is C11H10N2O3. The molecule has 0 unspecified atom stereocenters. The highest BCUT2D eigenvalue weighted by Gasteiger charge is 2.11. The Morgan fingerprint density at radius 2 is 2.12 bits per heavy atom. The molecule has 0 aliphatic rings. The van der Waals surface area contributed by atoms with Crippen molar-refractivity contribution in [3.05, 3.63) is 36.0 Å². The molecule has 0 aliphatic carbocycles. The molecule has 0 aliphatic heterocycles. The van der Waals surface area contributed by atoms with E-state index >= 15 is 0 Å². The van der Waals surface area contributed by atoms with Crippen molar-refractivity contribution in [2.45, 2.75) is 6.92 Å². The van der Waals surface area contributed by atoms with Gasteiger partial charge in [-0.15, -0.1) is 10.2 Å². The highest BCUT2D eigenvalue weighted by atomic mass is 17.2. The molecule has 1 heterocycles. The Morgan fingerprint density at radius 3 is 2.94 bits per heavy atom. The highest BCUT2D eigenvalue weighted by molar-refractivity contribution is 5.91. The van der Waals surface area contributed by atoms with E-state index in [9.17, 15) is 4.79 Å². The number of rotatable bonds is 3. The molecule has 2 aromatic rings. The first-order valence-corrected chi connectivity index (χ1v) is 4.87. The van der Waals surface area contributed by atoms with E-state index in [1.807, 2.05) is 24.3 Å². The molecule has 0 bridgehead atoms. The minimum absolute atomic E-state index is 0.132. The Bertz CT molecular complexity index is 513. The number of carbonyl (C=O) groups is 1. The normalized spacial score (nSPS) is 10.3. The summed E-state index contributed by atoms with van der Waals surface area (Å²) in [6.45, 7) is 2.02. The van der Waals surface area contributed by atoms with E-state index in [0.717, 1.165) is 10.9 Å². The first kappa shape index (κ1) is 10.5. The number of hydrogen-bond donors (Lipinski definition) is 0. The Balaban J connectivity index is 2.28. The molecule has 1 aromatic heterocycles. The second-order valence-corrected chi connectivity index (χ2v) is 3.07. The smallest absolute Gasteiger partial charge is 0.291 e. The predicted molar refractivity (Wildman–Crippen MR) is 56.6 cm³/mol. The van der Waals surface area contributed by atoms with Gasteiger partial charge in [0.1, 0.15) is 0 Å². The van der Waals surface area contributed by atoms with Gasteiger partial charge in [-0.05, 0) is 19.1 Å². The van der Waals surface area contributed by atoms with Gasteiger partial charge < -0.3 is 0 Å². The van der Waals surface area contributed by atoms with Crippen molar-refractivity contribution in [1.29, 1.82) is 0 Å². The lowest BCUT2D eigenvalue weighted by Gasteiger charge is -2.01. The number of hydrogen-bond acceptors (Lipinski definition) is 5. The van der Waals surface area contributed by atoms with Crippen LogP contribution >= 0.6 is 0 Å². The van der Waals surface area contributed by atoms with E-state index in [1.165, 1.54) is 0 Å². The highest BCUT2D eigenvalue weighted by Crippen LogP contribution is 2.11. The van der Waals surface area contributed by atoms with Gasteiger partial charge in [-0.25, -0.2) is 4.79 Å². The van der Waals surface area contributed by atoms with Crippen molar-refractivity contribution in [3.63, 3.8) is 0 Å². The van der Waals surface area contributed by atoms with Crippen LogP contribution in [0.5, 0.6) is 0 Å². The quantitative estimate of drug-likeness (QED) is 0.580. The fourth-order valence-electron chi connectivity index (χ4n) is 1.24. The molecule has 1 aromatic carbocycles. The molecule has 0 radical (unpaired) electrons. The maximum Gasteiger partial charge on any atom is 0.393 e. The Morgan fingerprint density at radius 1 is 1.31 bits per heavy atom. The number of fused-ring (bicyclic) bond motifs is 1. The average Bonchev–Trinajstić information content (AvgIpc) is 2.35. The van der Waals surface area contributed by atoms with Crippen LogP contribution in [0.3, 0.4) is 0 Å². The van der Waals surface area contributed by atoms with Gasteiger partial charge in [0.15, 0.2) is 5.69 Å². The number of nitrogens with zero attached hydrogens (tertiary/aromatic N) is 2. The summed E-state index contributed by atoms with van der Waals surface area (Å²) in [5.74, 6) is -0.639. The van der Waals surface area contributed by atoms with E-state index < -0.39 is 5.97 Å². The van der Waals surface area contributed by atoms with Gasteiger partial charge in [-0.1, -0.05) is 18.2 Å². The van der Waals surface area contributed by atoms with Crippen LogP contribution in [0.25, 0.3) is 10.9 Å². The lowest BCUT2D eigenvalue weighted by atomic mass is 10.2. The number of aromatic nitrogens is 2. The van der Waals surface area contributed by atoms with Crippen molar-refractivity contribution in [2.75, 3.05) is 6.61 Å². The molecular weight excluding hydrogens is 208 g/mol. The standard InChI is InChI=1S/C11H10N2O3/c1-2-15-16-11(14)10-7-8-5-3-4-6-9(8)12-13-10/h3-7H,2H2,1H3. The maximum atomic E-state index is 11.4. The average molecular weight is 218 g/mol. The van der Waals surface area contributed by atoms with Crippen LogP contribution < -0.4 is 0 Å². The zero-order chi connectivity index (χ0) is 11.4. The molecule has 0 amide bonds. The van der Waals surface area contributed by atoms with Crippen LogP contribution in [0, 0.1) is 0 Å². The van der Waals surface area contributed by atoms with Crippen molar-refractivity contribution in [3.8, 4) is 0 Å². The SMILES string of the molecule is CCOOC(=O)c1cc2ccccc2nn1. The molecule has 0 spiro atoms. The Labute approximate surface area is 91.9 Å². The largest absolute Gasteiger partial charge is 0.393 e. The summed E-state index contributed by atoms with van der Waals surface area (Å²) in [5, 5.41) is 8.49. The molecule has 0 N–H and O–H groups in total. The molecule has 5 heteroatoms. The van der Waals surface area contributed by atoms with Gasteiger partial charge in [0, 0.05) is 5.39 Å². The van der Waals surface area contributed by atoms with Crippen LogP contribution in [0.4, 0.5) is 0 Å². The van der Waals surface area contributed by atoms with Gasteiger partial charge in [-0.3, -0.25) is 4.89 Å². The third-order valence-electron chi connectivity index (χ3n) is 1.96. The summed E-state index contributed by atoms with van der Waals surface area (Å²) in [6, 6.07) is 9.00. The summed E-state index contributed by atoms with van der Waals surface area (Å²) in [7, 11) is 0. The number of carbonyl (C=O) groups excluding carboxylic acids is 1.